The number of nitrogens with zero attached hydrogens (tertiary/aromatic N) is 2. The summed E-state index contributed by atoms with van der Waals surface area (Å²) < 4.78 is 18.9. The van der Waals surface area contributed by atoms with Gasteiger partial charge >= 0.3 is 6.03 Å². The van der Waals surface area contributed by atoms with Gasteiger partial charge in [0.2, 0.25) is 0 Å². The highest BCUT2D eigenvalue weighted by atomic mass is 32.1. The van der Waals surface area contributed by atoms with Crippen molar-refractivity contribution in [3.63, 3.8) is 0 Å². The standard InChI is InChI=1S/C25H25FN4O3S/c1-14(2)25(23(32)27-24(33)28-25)17-5-3-16(4-6-17)22(31)30-11-9-15(10-12-30)21-19-8-7-18(26)13-20(19)34-29-21/h3-8,13-15H,9-12H2,1-2H3,(H2,27,28,32,33)/t25-/m1/s1. The fraction of sp³-hybridized carbons (Fsp3) is 0.360. The molecular formula is C25H25FN4O3S. The summed E-state index contributed by atoms with van der Waals surface area (Å²) in [4.78, 5) is 39.3. The lowest BCUT2D eigenvalue weighted by atomic mass is 9.79. The Labute approximate surface area is 200 Å². The Bertz CT molecular complexity index is 1280. The molecule has 0 unspecified atom stereocenters. The number of hydrogen-bond donors (Lipinski definition) is 2. The molecule has 3 heterocycles. The topological polar surface area (TPSA) is 91.4 Å². The SMILES string of the molecule is CC(C)[C@]1(c2ccc(C(=O)N3CCC(c4nsc5cc(F)ccc45)CC3)cc2)NC(=O)NC1=O. The number of likely N-dealkylation sites (tertiary alicyclic amines) is 1. The third-order valence-electron chi connectivity index (χ3n) is 6.98. The zero-order valence-electron chi connectivity index (χ0n) is 18.9. The van der Waals surface area contributed by atoms with Gasteiger partial charge < -0.3 is 10.2 Å². The summed E-state index contributed by atoms with van der Waals surface area (Å²) >= 11 is 1.31. The van der Waals surface area contributed by atoms with E-state index in [0.29, 0.717) is 24.2 Å². The van der Waals surface area contributed by atoms with Crippen molar-refractivity contribution in [3.8, 4) is 0 Å². The maximum atomic E-state index is 13.5. The van der Waals surface area contributed by atoms with Crippen LogP contribution in [0.25, 0.3) is 10.1 Å². The van der Waals surface area contributed by atoms with E-state index >= 15 is 0 Å². The van der Waals surface area contributed by atoms with Crippen LogP contribution in [0.2, 0.25) is 0 Å². The average Bonchev–Trinajstić information content (AvgIpc) is 3.38. The molecule has 0 spiro atoms. The van der Waals surface area contributed by atoms with Gasteiger partial charge in [-0.1, -0.05) is 26.0 Å². The molecule has 0 radical (unpaired) electrons. The predicted molar refractivity (Wildman–Crippen MR) is 127 cm³/mol. The van der Waals surface area contributed by atoms with Crippen molar-refractivity contribution < 1.29 is 18.8 Å². The molecule has 5 rings (SSSR count). The van der Waals surface area contributed by atoms with Crippen LogP contribution in [0.15, 0.2) is 42.5 Å². The third kappa shape index (κ3) is 3.64. The summed E-state index contributed by atoms with van der Waals surface area (Å²) in [6, 6.07) is 11.2. The van der Waals surface area contributed by atoms with Crippen molar-refractivity contribution in [1.29, 1.82) is 0 Å². The van der Waals surface area contributed by atoms with Crippen LogP contribution in [0.3, 0.4) is 0 Å². The van der Waals surface area contributed by atoms with Crippen LogP contribution in [0, 0.1) is 11.7 Å². The number of hydrogen-bond acceptors (Lipinski definition) is 5. The molecule has 176 valence electrons. The second-order valence-corrected chi connectivity index (χ2v) is 10.0. The fourth-order valence-corrected chi connectivity index (χ4v) is 5.93. The first-order valence-electron chi connectivity index (χ1n) is 11.4. The molecule has 2 fully saturated rings. The minimum absolute atomic E-state index is 0.0614. The molecule has 0 bridgehead atoms. The first-order valence-corrected chi connectivity index (χ1v) is 12.1. The number of fused-ring (bicyclic) bond motifs is 1. The van der Waals surface area contributed by atoms with Crippen molar-refractivity contribution in [3.05, 3.63) is 65.1 Å². The van der Waals surface area contributed by atoms with Crippen molar-refractivity contribution in [1.82, 2.24) is 19.9 Å². The number of urea groups is 1. The van der Waals surface area contributed by atoms with Crippen LogP contribution in [0.4, 0.5) is 9.18 Å². The maximum absolute atomic E-state index is 13.5. The molecule has 34 heavy (non-hydrogen) atoms. The highest BCUT2D eigenvalue weighted by Crippen LogP contribution is 2.36. The molecule has 2 saturated heterocycles. The smallest absolute Gasteiger partial charge is 0.322 e. The summed E-state index contributed by atoms with van der Waals surface area (Å²) in [5.74, 6) is -0.636. The number of piperidine rings is 1. The summed E-state index contributed by atoms with van der Waals surface area (Å²) in [7, 11) is 0. The molecule has 0 aliphatic carbocycles. The minimum atomic E-state index is -1.14. The summed E-state index contributed by atoms with van der Waals surface area (Å²) in [6.45, 7) is 4.96. The number of rotatable bonds is 4. The van der Waals surface area contributed by atoms with Gasteiger partial charge in [-0.05, 0) is 66.2 Å². The van der Waals surface area contributed by atoms with Gasteiger partial charge in [-0.15, -0.1) is 0 Å². The van der Waals surface area contributed by atoms with Gasteiger partial charge in [0.05, 0.1) is 10.4 Å². The Kier molecular flexibility index (Phi) is 5.59. The Morgan fingerprint density at radius 2 is 1.85 bits per heavy atom. The highest BCUT2D eigenvalue weighted by Gasteiger charge is 2.50. The third-order valence-corrected chi connectivity index (χ3v) is 7.80. The molecule has 2 aliphatic rings. The number of carbonyl (C=O) groups is 3. The van der Waals surface area contributed by atoms with Gasteiger partial charge in [0.1, 0.15) is 11.4 Å². The Balaban J connectivity index is 1.28. The van der Waals surface area contributed by atoms with E-state index in [1.54, 1.807) is 30.3 Å². The lowest BCUT2D eigenvalue weighted by Gasteiger charge is -2.32. The van der Waals surface area contributed by atoms with E-state index in [0.717, 1.165) is 28.6 Å². The van der Waals surface area contributed by atoms with Gasteiger partial charge in [-0.3, -0.25) is 14.9 Å². The van der Waals surface area contributed by atoms with Crippen LogP contribution in [-0.2, 0) is 10.3 Å². The number of halogens is 1. The van der Waals surface area contributed by atoms with Crippen LogP contribution in [0.5, 0.6) is 0 Å². The van der Waals surface area contributed by atoms with Crippen molar-refractivity contribution >= 4 is 39.5 Å². The Hall–Kier alpha value is -3.33. The molecule has 3 aromatic rings. The molecule has 2 N–H and O–H groups in total. The summed E-state index contributed by atoms with van der Waals surface area (Å²) in [6.07, 6.45) is 1.59. The minimum Gasteiger partial charge on any atom is -0.339 e. The zero-order chi connectivity index (χ0) is 24.0. The molecule has 1 atom stereocenters. The number of imide groups is 1. The quantitative estimate of drug-likeness (QED) is 0.549. The van der Waals surface area contributed by atoms with Crippen LogP contribution in [-0.4, -0.2) is 40.2 Å². The van der Waals surface area contributed by atoms with E-state index < -0.39 is 11.6 Å². The maximum Gasteiger partial charge on any atom is 0.322 e. The van der Waals surface area contributed by atoms with Gasteiger partial charge in [-0.25, -0.2) is 9.18 Å². The van der Waals surface area contributed by atoms with E-state index in [2.05, 4.69) is 15.0 Å². The fourth-order valence-electron chi connectivity index (χ4n) is 5.05. The zero-order valence-corrected chi connectivity index (χ0v) is 19.7. The second kappa shape index (κ2) is 8.47. The molecule has 7 nitrogen and oxygen atoms in total. The van der Waals surface area contributed by atoms with Crippen LogP contribution in [0.1, 0.15) is 54.2 Å². The van der Waals surface area contributed by atoms with Gasteiger partial charge in [0, 0.05) is 30.0 Å². The van der Waals surface area contributed by atoms with Gasteiger partial charge in [0.15, 0.2) is 0 Å². The van der Waals surface area contributed by atoms with Crippen molar-refractivity contribution in [2.75, 3.05) is 13.1 Å². The lowest BCUT2D eigenvalue weighted by molar-refractivity contribution is -0.125. The molecule has 0 saturated carbocycles. The van der Waals surface area contributed by atoms with Crippen molar-refractivity contribution in [2.24, 2.45) is 5.92 Å². The molecule has 2 aliphatic heterocycles. The lowest BCUT2D eigenvalue weighted by Crippen LogP contribution is -2.48. The van der Waals surface area contributed by atoms with E-state index in [-0.39, 0.29) is 29.5 Å². The number of nitrogens with one attached hydrogen (secondary N) is 2. The van der Waals surface area contributed by atoms with Crippen LogP contribution >= 0.6 is 11.5 Å². The van der Waals surface area contributed by atoms with E-state index in [4.69, 9.17) is 0 Å². The largest absolute Gasteiger partial charge is 0.339 e. The monoisotopic (exact) mass is 480 g/mol. The first kappa shape index (κ1) is 22.5. The second-order valence-electron chi connectivity index (χ2n) is 9.22. The number of aromatic nitrogens is 1. The number of amides is 4. The van der Waals surface area contributed by atoms with E-state index in [1.165, 1.54) is 23.7 Å². The first-order chi connectivity index (χ1) is 16.3. The number of benzene rings is 2. The predicted octanol–water partition coefficient (Wildman–Crippen LogP) is 4.15. The Morgan fingerprint density at radius 1 is 1.15 bits per heavy atom. The molecule has 1 aromatic heterocycles. The summed E-state index contributed by atoms with van der Waals surface area (Å²) in [5, 5.41) is 6.07. The van der Waals surface area contributed by atoms with Gasteiger partial charge in [0.25, 0.3) is 11.8 Å². The Morgan fingerprint density at radius 3 is 2.47 bits per heavy atom. The molecule has 2 aromatic carbocycles. The molecule has 4 amide bonds. The average molecular weight is 481 g/mol. The van der Waals surface area contributed by atoms with Gasteiger partial charge in [-0.2, -0.15) is 4.37 Å². The summed E-state index contributed by atoms with van der Waals surface area (Å²) in [5.41, 5.74) is 1.04. The van der Waals surface area contributed by atoms with Crippen molar-refractivity contribution in [2.45, 2.75) is 38.1 Å². The highest BCUT2D eigenvalue weighted by molar-refractivity contribution is 7.13. The van der Waals surface area contributed by atoms with E-state index in [1.807, 2.05) is 18.7 Å². The number of carbonyl (C=O) groups excluding carboxylic acids is 3. The van der Waals surface area contributed by atoms with Crippen LogP contribution < -0.4 is 10.6 Å². The van der Waals surface area contributed by atoms with E-state index in [9.17, 15) is 18.8 Å². The molecule has 9 heteroatoms. The molecular weight excluding hydrogens is 455 g/mol. The normalized spacial score (nSPS) is 21.2.